The van der Waals surface area contributed by atoms with Crippen LogP contribution in [0, 0.1) is 16.0 Å². The van der Waals surface area contributed by atoms with Crippen molar-refractivity contribution in [2.45, 2.75) is 123 Å². The molecule has 0 aromatic rings. The van der Waals surface area contributed by atoms with Gasteiger partial charge in [0.05, 0.1) is 13.2 Å². The molecule has 214 valence electrons. The van der Waals surface area contributed by atoms with E-state index in [4.69, 9.17) is 4.74 Å². The van der Waals surface area contributed by atoms with Crippen LogP contribution in [0.1, 0.15) is 123 Å². The van der Waals surface area contributed by atoms with Gasteiger partial charge in [0.2, 0.25) is 5.91 Å². The van der Waals surface area contributed by atoms with E-state index in [-0.39, 0.29) is 25.7 Å². The summed E-state index contributed by atoms with van der Waals surface area (Å²) in [6, 6.07) is 0. The summed E-state index contributed by atoms with van der Waals surface area (Å²) in [5.74, 6) is 0.690. The molecule has 1 rings (SSSR count). The Bertz CT molecular complexity index is 646. The highest BCUT2D eigenvalue weighted by atomic mass is 16.9. The van der Waals surface area contributed by atoms with Crippen molar-refractivity contribution in [3.05, 3.63) is 22.3 Å². The number of ether oxygens (including phenoxy) is 1. The Morgan fingerprint density at radius 1 is 0.946 bits per heavy atom. The van der Waals surface area contributed by atoms with Crippen molar-refractivity contribution >= 4 is 17.7 Å². The van der Waals surface area contributed by atoms with Crippen LogP contribution in [0.15, 0.2) is 12.2 Å². The molecule has 0 unspecified atom stereocenters. The van der Waals surface area contributed by atoms with E-state index in [0.717, 1.165) is 38.0 Å². The number of unbranched alkanes of at least 4 members (excludes halogenated alkanes) is 6. The Labute approximate surface area is 223 Å². The Hall–Kier alpha value is -2.45. The summed E-state index contributed by atoms with van der Waals surface area (Å²) in [7, 11) is 0. The van der Waals surface area contributed by atoms with Crippen molar-refractivity contribution in [3.8, 4) is 0 Å². The first-order valence-electron chi connectivity index (χ1n) is 14.2. The number of carbonyl (C=O) groups is 3. The second-order valence-electron chi connectivity index (χ2n) is 9.61. The Morgan fingerprint density at radius 3 is 2.32 bits per heavy atom. The molecule has 1 saturated carbocycles. The van der Waals surface area contributed by atoms with Crippen molar-refractivity contribution in [1.29, 1.82) is 0 Å². The van der Waals surface area contributed by atoms with E-state index in [1.54, 1.807) is 0 Å². The van der Waals surface area contributed by atoms with Gasteiger partial charge in [-0.2, -0.15) is 0 Å². The highest BCUT2D eigenvalue weighted by Gasteiger charge is 2.15. The van der Waals surface area contributed by atoms with Crippen molar-refractivity contribution in [3.63, 3.8) is 0 Å². The summed E-state index contributed by atoms with van der Waals surface area (Å²) in [5, 5.41) is 11.5. The van der Waals surface area contributed by atoms with E-state index in [0.29, 0.717) is 25.0 Å². The van der Waals surface area contributed by atoms with Gasteiger partial charge in [0.15, 0.2) is 0 Å². The molecule has 0 heterocycles. The zero-order valence-corrected chi connectivity index (χ0v) is 23.2. The number of amides is 1. The number of Topliss-reactive ketones (excluding diaryl/α,β-unsaturated/α-hetero) is 1. The van der Waals surface area contributed by atoms with Crippen LogP contribution >= 0.6 is 0 Å². The molecule has 1 fully saturated rings. The third-order valence-electron chi connectivity index (χ3n) is 6.30. The lowest BCUT2D eigenvalue weighted by Gasteiger charge is -2.07. The van der Waals surface area contributed by atoms with E-state index in [2.05, 4.69) is 17.1 Å². The molecule has 0 aromatic carbocycles. The topological polar surface area (TPSA) is 125 Å². The number of nitrogens with zero attached hydrogens (tertiary/aromatic N) is 1. The maximum Gasteiger partial charge on any atom is 0.325 e. The summed E-state index contributed by atoms with van der Waals surface area (Å²) in [6.07, 6.45) is 21.5. The highest BCUT2D eigenvalue weighted by molar-refractivity contribution is 5.81. The first kappa shape index (κ1) is 34.6. The summed E-state index contributed by atoms with van der Waals surface area (Å²) in [4.78, 5) is 48.2. The average molecular weight is 527 g/mol. The van der Waals surface area contributed by atoms with E-state index in [9.17, 15) is 24.5 Å². The van der Waals surface area contributed by atoms with Crippen LogP contribution in [0.25, 0.3) is 0 Å². The van der Waals surface area contributed by atoms with Crippen molar-refractivity contribution < 1.29 is 29.0 Å². The molecule has 1 amide bonds. The van der Waals surface area contributed by atoms with Crippen LogP contribution < -0.4 is 5.32 Å². The number of nitrogens with one attached hydrogen (secondary N) is 1. The minimum absolute atomic E-state index is 0.0203. The first-order chi connectivity index (χ1) is 17.9. The molecule has 37 heavy (non-hydrogen) atoms. The second kappa shape index (κ2) is 25.2. The minimum atomic E-state index is -0.863. The number of allylic oxidation sites excluding steroid dienone is 2. The molecule has 9 heteroatoms. The van der Waals surface area contributed by atoms with E-state index in [1.807, 2.05) is 19.1 Å². The summed E-state index contributed by atoms with van der Waals surface area (Å²) in [6.45, 7) is 4.12. The molecule has 0 aromatic heterocycles. The van der Waals surface area contributed by atoms with Gasteiger partial charge in [-0.3, -0.25) is 14.4 Å². The number of carbonyl (C=O) groups excluding carboxylic acids is 3. The van der Waals surface area contributed by atoms with Gasteiger partial charge in [0.1, 0.15) is 12.3 Å². The monoisotopic (exact) mass is 526 g/mol. The molecule has 1 aliphatic carbocycles. The molecule has 1 aliphatic rings. The molecule has 0 aliphatic heterocycles. The molecule has 0 atom stereocenters. The summed E-state index contributed by atoms with van der Waals surface area (Å²) >= 11 is 0. The maximum atomic E-state index is 11.6. The standard InChI is InChI=1S/C15H28O.C13H22N2O6/c1-2-3-4-5-6-11-15(16)13-12-14-9-7-8-10-14;1-2-3-4-5-8-12(16)14-11-13(17)20-9-6-7-10-21-15(18)19/h14H,2-13H2,1H3;2-3H,4-11H2,1H3,(H,14,16)/b;3-2-. The van der Waals surface area contributed by atoms with Gasteiger partial charge < -0.3 is 14.9 Å². The van der Waals surface area contributed by atoms with Crippen LogP contribution in [0.3, 0.4) is 0 Å². The van der Waals surface area contributed by atoms with Gasteiger partial charge in [-0.1, -0.05) is 70.4 Å². The quantitative estimate of drug-likeness (QED) is 0.0614. The lowest BCUT2D eigenvalue weighted by atomic mass is 9.98. The van der Waals surface area contributed by atoms with Crippen LogP contribution in [0.5, 0.6) is 0 Å². The van der Waals surface area contributed by atoms with Crippen molar-refractivity contribution in [2.75, 3.05) is 19.8 Å². The zero-order valence-electron chi connectivity index (χ0n) is 23.2. The molecule has 0 saturated heterocycles. The molecular weight excluding hydrogens is 476 g/mol. The fraction of sp³-hybridized carbons (Fsp3) is 0.821. The third kappa shape index (κ3) is 25.0. The van der Waals surface area contributed by atoms with Crippen LogP contribution in [-0.4, -0.2) is 42.5 Å². The van der Waals surface area contributed by atoms with Crippen molar-refractivity contribution in [1.82, 2.24) is 5.32 Å². The fourth-order valence-corrected chi connectivity index (χ4v) is 4.10. The highest BCUT2D eigenvalue weighted by Crippen LogP contribution is 2.28. The number of esters is 1. The Morgan fingerprint density at radius 2 is 1.65 bits per heavy atom. The van der Waals surface area contributed by atoms with Gasteiger partial charge in [0, 0.05) is 19.3 Å². The molecule has 1 N–H and O–H groups in total. The van der Waals surface area contributed by atoms with E-state index >= 15 is 0 Å². The molecule has 9 nitrogen and oxygen atoms in total. The predicted octanol–water partition coefficient (Wildman–Crippen LogP) is 6.27. The SMILES string of the molecule is C/C=C\CCCC(=O)NCC(=O)OCCCCO[N+](=O)[O-].CCCCCCCC(=O)CCC1CCCC1. The van der Waals surface area contributed by atoms with Crippen LogP contribution in [0.4, 0.5) is 0 Å². The minimum Gasteiger partial charge on any atom is -0.464 e. The number of hydrogen-bond donors (Lipinski definition) is 1. The summed E-state index contributed by atoms with van der Waals surface area (Å²) < 4.78 is 4.85. The molecular formula is C28H50N2O7. The zero-order chi connectivity index (χ0) is 27.6. The lowest BCUT2D eigenvalue weighted by Crippen LogP contribution is -2.30. The van der Waals surface area contributed by atoms with Crippen LogP contribution in [-0.2, 0) is 24.0 Å². The molecule has 0 bridgehead atoms. The van der Waals surface area contributed by atoms with Gasteiger partial charge in [-0.15, -0.1) is 10.1 Å². The normalized spacial score (nSPS) is 13.1. The average Bonchev–Trinajstić information content (AvgIpc) is 3.40. The largest absolute Gasteiger partial charge is 0.464 e. The number of rotatable bonds is 21. The van der Waals surface area contributed by atoms with Gasteiger partial charge in [0.25, 0.3) is 5.09 Å². The second-order valence-corrected chi connectivity index (χ2v) is 9.61. The number of hydrogen-bond acceptors (Lipinski definition) is 7. The first-order valence-corrected chi connectivity index (χ1v) is 14.2. The van der Waals surface area contributed by atoms with Gasteiger partial charge in [-0.05, 0) is 51.4 Å². The fourth-order valence-electron chi connectivity index (χ4n) is 4.10. The van der Waals surface area contributed by atoms with Gasteiger partial charge in [-0.25, -0.2) is 0 Å². The van der Waals surface area contributed by atoms with E-state index < -0.39 is 11.1 Å². The van der Waals surface area contributed by atoms with Crippen LogP contribution in [0.2, 0.25) is 0 Å². The molecule has 0 spiro atoms. The smallest absolute Gasteiger partial charge is 0.325 e. The Balaban J connectivity index is 0.000000724. The Kier molecular flexibility index (Phi) is 23.5. The maximum absolute atomic E-state index is 11.6. The van der Waals surface area contributed by atoms with Crippen molar-refractivity contribution in [2.24, 2.45) is 5.92 Å². The molecule has 0 radical (unpaired) electrons. The predicted molar refractivity (Wildman–Crippen MR) is 144 cm³/mol. The lowest BCUT2D eigenvalue weighted by molar-refractivity contribution is -0.757. The summed E-state index contributed by atoms with van der Waals surface area (Å²) in [5.41, 5.74) is 0. The third-order valence-corrected chi connectivity index (χ3v) is 6.30. The van der Waals surface area contributed by atoms with Gasteiger partial charge >= 0.3 is 5.97 Å². The van der Waals surface area contributed by atoms with E-state index in [1.165, 1.54) is 57.8 Å². The number of ketones is 1.